The zero-order valence-electron chi connectivity index (χ0n) is 19.2. The fourth-order valence-corrected chi connectivity index (χ4v) is 6.10. The highest BCUT2D eigenvalue weighted by Gasteiger charge is 2.28. The van der Waals surface area contributed by atoms with Crippen LogP contribution in [0, 0.1) is 0 Å². The third-order valence-corrected chi connectivity index (χ3v) is 7.84. The average molecular weight is 505 g/mol. The molecule has 9 heteroatoms. The van der Waals surface area contributed by atoms with Crippen LogP contribution in [-0.4, -0.2) is 39.4 Å². The van der Waals surface area contributed by atoms with E-state index in [0.717, 1.165) is 45.1 Å². The van der Waals surface area contributed by atoms with Gasteiger partial charge in [0, 0.05) is 11.1 Å². The zero-order chi connectivity index (χ0) is 24.2. The number of para-hydroxylation sites is 1. The summed E-state index contributed by atoms with van der Waals surface area (Å²) in [4.78, 5) is 30.6. The van der Waals surface area contributed by atoms with Gasteiger partial charge in [-0.15, -0.1) is 10.2 Å². The molecule has 0 radical (unpaired) electrons. The Morgan fingerprint density at radius 1 is 1.11 bits per heavy atom. The minimum atomic E-state index is -0.511. The Hall–Kier alpha value is -3.30. The van der Waals surface area contributed by atoms with E-state index in [2.05, 4.69) is 27.6 Å². The summed E-state index contributed by atoms with van der Waals surface area (Å²) in [6.45, 7) is 1.62. The summed E-state index contributed by atoms with van der Waals surface area (Å²) in [5.74, 6) is 0.212. The summed E-state index contributed by atoms with van der Waals surface area (Å²) in [5, 5.41) is 11.8. The summed E-state index contributed by atoms with van der Waals surface area (Å²) in [5.41, 5.74) is 4.37. The number of thioether (sulfide) groups is 1. The molecule has 0 saturated carbocycles. The lowest BCUT2D eigenvalue weighted by atomic mass is 9.80. The van der Waals surface area contributed by atoms with Gasteiger partial charge in [-0.2, -0.15) is 0 Å². The summed E-state index contributed by atoms with van der Waals surface area (Å²) in [6, 6.07) is 17.9. The van der Waals surface area contributed by atoms with Crippen LogP contribution in [0.25, 0.3) is 10.9 Å². The number of esters is 1. The Labute approximate surface area is 211 Å². The van der Waals surface area contributed by atoms with Crippen molar-refractivity contribution in [3.8, 4) is 0 Å². The lowest BCUT2D eigenvalue weighted by Crippen LogP contribution is -2.23. The molecule has 2 aromatic heterocycles. The van der Waals surface area contributed by atoms with Crippen LogP contribution in [0.1, 0.15) is 46.4 Å². The van der Waals surface area contributed by atoms with E-state index >= 15 is 0 Å². The Balaban J connectivity index is 1.37. The summed E-state index contributed by atoms with van der Waals surface area (Å²) in [7, 11) is 0. The number of hydrogen-bond acceptors (Lipinski definition) is 8. The zero-order valence-corrected chi connectivity index (χ0v) is 20.8. The molecule has 0 spiro atoms. The van der Waals surface area contributed by atoms with Crippen molar-refractivity contribution < 1.29 is 14.3 Å². The number of fused-ring (bicyclic) bond motifs is 2. The van der Waals surface area contributed by atoms with Crippen molar-refractivity contribution in [2.24, 2.45) is 0 Å². The van der Waals surface area contributed by atoms with Gasteiger partial charge in [-0.05, 0) is 48.1 Å². The van der Waals surface area contributed by atoms with Gasteiger partial charge in [0.25, 0.3) is 5.91 Å². The number of hydrogen-bond donors (Lipinski definition) is 1. The lowest BCUT2D eigenvalue weighted by Gasteiger charge is -2.26. The first kappa shape index (κ1) is 23.4. The number of aromatic nitrogens is 3. The molecule has 35 heavy (non-hydrogen) atoms. The third kappa shape index (κ3) is 5.21. The fourth-order valence-electron chi connectivity index (χ4n) is 4.43. The molecule has 2 heterocycles. The molecule has 1 aliphatic rings. The Morgan fingerprint density at radius 3 is 2.74 bits per heavy atom. The number of nitrogens with zero attached hydrogens (tertiary/aromatic N) is 3. The molecule has 1 N–H and O–H groups in total. The van der Waals surface area contributed by atoms with Crippen molar-refractivity contribution in [3.05, 3.63) is 77.0 Å². The molecule has 1 aliphatic carbocycles. The van der Waals surface area contributed by atoms with Crippen molar-refractivity contribution in [1.82, 2.24) is 15.2 Å². The number of anilines is 1. The van der Waals surface area contributed by atoms with Crippen LogP contribution in [0.15, 0.2) is 58.9 Å². The number of amides is 1. The number of ether oxygens (including phenoxy) is 1. The molecule has 0 bridgehead atoms. The molecule has 4 aromatic rings. The van der Waals surface area contributed by atoms with Gasteiger partial charge in [-0.25, -0.2) is 4.79 Å². The summed E-state index contributed by atoms with van der Waals surface area (Å²) in [6.07, 6.45) is 2.46. The van der Waals surface area contributed by atoms with E-state index in [4.69, 9.17) is 9.72 Å². The SMILES string of the molecule is CCSc1nnc(NC(=O)COC(=O)c2c3c(nc4ccccc24)CCC(c2ccccc2)C3)s1. The largest absolute Gasteiger partial charge is 0.452 e. The van der Waals surface area contributed by atoms with Crippen molar-refractivity contribution in [3.63, 3.8) is 0 Å². The Bertz CT molecular complexity index is 1370. The van der Waals surface area contributed by atoms with Gasteiger partial charge in [0.1, 0.15) is 0 Å². The van der Waals surface area contributed by atoms with E-state index in [9.17, 15) is 9.59 Å². The molecular weight excluding hydrogens is 480 g/mol. The maximum Gasteiger partial charge on any atom is 0.339 e. The van der Waals surface area contributed by atoms with Crippen molar-refractivity contribution in [2.75, 3.05) is 17.7 Å². The molecule has 2 aromatic carbocycles. The van der Waals surface area contributed by atoms with E-state index in [0.29, 0.717) is 23.0 Å². The molecule has 5 rings (SSSR count). The monoisotopic (exact) mass is 504 g/mol. The smallest absolute Gasteiger partial charge is 0.339 e. The highest BCUT2D eigenvalue weighted by Crippen LogP contribution is 2.36. The van der Waals surface area contributed by atoms with Gasteiger partial charge in [-0.1, -0.05) is 78.6 Å². The van der Waals surface area contributed by atoms with Crippen LogP contribution in [-0.2, 0) is 22.4 Å². The first-order chi connectivity index (χ1) is 17.1. The maximum atomic E-state index is 13.4. The van der Waals surface area contributed by atoms with Crippen molar-refractivity contribution in [1.29, 1.82) is 0 Å². The second-order valence-corrected chi connectivity index (χ2v) is 10.7. The number of carbonyl (C=O) groups excluding carboxylic acids is 2. The summed E-state index contributed by atoms with van der Waals surface area (Å²) >= 11 is 2.85. The van der Waals surface area contributed by atoms with Crippen LogP contribution >= 0.6 is 23.1 Å². The number of pyridine rings is 1. The van der Waals surface area contributed by atoms with Crippen LogP contribution in [0.4, 0.5) is 5.13 Å². The molecule has 0 aliphatic heterocycles. The number of benzene rings is 2. The van der Waals surface area contributed by atoms with E-state index in [1.54, 1.807) is 11.8 Å². The lowest BCUT2D eigenvalue weighted by molar-refractivity contribution is -0.119. The standard InChI is InChI=1S/C26H24N4O3S2/c1-2-34-26-30-29-25(35-26)28-22(31)15-33-24(32)23-18-10-6-7-11-20(18)27-21-13-12-17(14-19(21)23)16-8-4-3-5-9-16/h3-11,17H,2,12-15H2,1H3,(H,28,29,31). The predicted octanol–water partition coefficient (Wildman–Crippen LogP) is 5.27. The molecule has 178 valence electrons. The van der Waals surface area contributed by atoms with Gasteiger partial charge in [0.15, 0.2) is 10.9 Å². The van der Waals surface area contributed by atoms with Crippen LogP contribution in [0.2, 0.25) is 0 Å². The van der Waals surface area contributed by atoms with Crippen LogP contribution in [0.5, 0.6) is 0 Å². The van der Waals surface area contributed by atoms with Gasteiger partial charge < -0.3 is 4.74 Å². The first-order valence-electron chi connectivity index (χ1n) is 11.5. The molecule has 7 nitrogen and oxygen atoms in total. The highest BCUT2D eigenvalue weighted by molar-refractivity contribution is 8.01. The Morgan fingerprint density at radius 2 is 1.91 bits per heavy atom. The van der Waals surface area contributed by atoms with Crippen molar-refractivity contribution in [2.45, 2.75) is 36.4 Å². The van der Waals surface area contributed by atoms with Crippen LogP contribution in [0.3, 0.4) is 0 Å². The highest BCUT2D eigenvalue weighted by atomic mass is 32.2. The second-order valence-electron chi connectivity index (χ2n) is 8.21. The molecule has 0 saturated heterocycles. The van der Waals surface area contributed by atoms with Gasteiger partial charge in [0.2, 0.25) is 5.13 Å². The van der Waals surface area contributed by atoms with Gasteiger partial charge in [-0.3, -0.25) is 15.1 Å². The van der Waals surface area contributed by atoms with Crippen LogP contribution < -0.4 is 5.32 Å². The molecule has 0 fully saturated rings. The van der Waals surface area contributed by atoms with Gasteiger partial charge in [0.05, 0.1) is 11.1 Å². The van der Waals surface area contributed by atoms with Gasteiger partial charge >= 0.3 is 5.97 Å². The number of carbonyl (C=O) groups is 2. The molecule has 1 amide bonds. The normalized spacial score (nSPS) is 14.9. The molecule has 1 atom stereocenters. The summed E-state index contributed by atoms with van der Waals surface area (Å²) < 4.78 is 6.28. The first-order valence-corrected chi connectivity index (χ1v) is 13.3. The number of rotatable bonds is 7. The van der Waals surface area contributed by atoms with E-state index < -0.39 is 18.5 Å². The molecular formula is C26H24N4O3S2. The minimum Gasteiger partial charge on any atom is -0.452 e. The second kappa shape index (κ2) is 10.5. The average Bonchev–Trinajstić information content (AvgIpc) is 3.33. The predicted molar refractivity (Wildman–Crippen MR) is 138 cm³/mol. The molecule has 1 unspecified atom stereocenters. The van der Waals surface area contributed by atoms with E-state index in [-0.39, 0.29) is 0 Å². The minimum absolute atomic E-state index is 0.300. The van der Waals surface area contributed by atoms with Crippen molar-refractivity contribution >= 4 is 51.0 Å². The topological polar surface area (TPSA) is 94.1 Å². The van der Waals surface area contributed by atoms with E-state index in [1.165, 1.54) is 16.9 Å². The number of nitrogens with one attached hydrogen (secondary N) is 1. The quantitative estimate of drug-likeness (QED) is 0.208. The number of aryl methyl sites for hydroxylation is 1. The fraction of sp³-hybridized carbons (Fsp3) is 0.269. The Kier molecular flexibility index (Phi) is 7.06. The third-order valence-electron chi connectivity index (χ3n) is 5.99. The van der Waals surface area contributed by atoms with E-state index in [1.807, 2.05) is 49.4 Å². The maximum absolute atomic E-state index is 13.4.